The molecule has 1 atom stereocenters. The molecule has 0 fully saturated rings. The van der Waals surface area contributed by atoms with Crippen molar-refractivity contribution >= 4 is 27.3 Å². The van der Waals surface area contributed by atoms with E-state index in [1.165, 1.54) is 9.18 Å². The molecule has 1 aliphatic rings. The summed E-state index contributed by atoms with van der Waals surface area (Å²) < 4.78 is 34.2. The van der Waals surface area contributed by atoms with Crippen LogP contribution in [-0.4, -0.2) is 49.3 Å². The highest BCUT2D eigenvalue weighted by atomic mass is 32.2. The first-order valence-electron chi connectivity index (χ1n) is 11.8. The van der Waals surface area contributed by atoms with Crippen molar-refractivity contribution in [3.8, 4) is 5.75 Å². The summed E-state index contributed by atoms with van der Waals surface area (Å²) in [5, 5.41) is 2.04. The van der Waals surface area contributed by atoms with Crippen LogP contribution in [0, 0.1) is 13.8 Å². The Bertz CT molecular complexity index is 1270. The third-order valence-electron chi connectivity index (χ3n) is 6.34. The predicted octanol–water partition coefficient (Wildman–Crippen LogP) is 4.97. The number of hydrogen-bond acceptors (Lipinski definition) is 5. The van der Waals surface area contributed by atoms with Gasteiger partial charge in [-0.05, 0) is 75.4 Å². The second kappa shape index (κ2) is 10.5. The van der Waals surface area contributed by atoms with Gasteiger partial charge in [0.25, 0.3) is 0 Å². The number of hydrogen-bond donors (Lipinski definition) is 0. The van der Waals surface area contributed by atoms with Crippen molar-refractivity contribution in [3.05, 3.63) is 81.5 Å². The number of rotatable bonds is 8. The maximum Gasteiger partial charge on any atom is 0.243 e. The molecule has 3 aromatic rings. The Kier molecular flexibility index (Phi) is 7.64. The molecule has 0 unspecified atom stereocenters. The molecule has 0 bridgehead atoms. The van der Waals surface area contributed by atoms with Crippen LogP contribution >= 0.6 is 11.3 Å². The number of ether oxygens (including phenoxy) is 1. The second-order valence-corrected chi connectivity index (χ2v) is 12.1. The van der Waals surface area contributed by atoms with Crippen molar-refractivity contribution < 1.29 is 17.9 Å². The van der Waals surface area contributed by atoms with E-state index < -0.39 is 10.0 Å². The molecule has 35 heavy (non-hydrogen) atoms. The Hall–Kier alpha value is -2.68. The first-order chi connectivity index (χ1) is 16.7. The Morgan fingerprint density at radius 2 is 1.69 bits per heavy atom. The average molecular weight is 513 g/mol. The van der Waals surface area contributed by atoms with Gasteiger partial charge < -0.3 is 9.64 Å². The van der Waals surface area contributed by atoms with Gasteiger partial charge in [0.05, 0.1) is 17.5 Å². The van der Waals surface area contributed by atoms with Crippen LogP contribution in [0.3, 0.4) is 0 Å². The topological polar surface area (TPSA) is 66.9 Å². The van der Waals surface area contributed by atoms with Gasteiger partial charge in [0.1, 0.15) is 12.4 Å². The number of benzene rings is 2. The lowest BCUT2D eigenvalue weighted by Crippen LogP contribution is -2.49. The van der Waals surface area contributed by atoms with Crippen molar-refractivity contribution in [1.29, 1.82) is 0 Å². The number of carbonyl (C=O) groups is 1. The molecule has 8 heteroatoms. The van der Waals surface area contributed by atoms with E-state index in [9.17, 15) is 13.2 Å². The number of nitrogens with zero attached hydrogens (tertiary/aromatic N) is 2. The molecule has 1 aliphatic heterocycles. The smallest absolute Gasteiger partial charge is 0.243 e. The molecule has 186 valence electrons. The second-order valence-electron chi connectivity index (χ2n) is 9.23. The zero-order chi connectivity index (χ0) is 25.2. The third-order valence-corrected chi connectivity index (χ3v) is 9.37. The minimum absolute atomic E-state index is 0.197. The molecule has 1 aromatic heterocycles. The monoisotopic (exact) mass is 512 g/mol. The lowest BCUT2D eigenvalue weighted by Gasteiger charge is -2.37. The van der Waals surface area contributed by atoms with Gasteiger partial charge in [-0.1, -0.05) is 35.4 Å². The molecule has 0 saturated heterocycles. The molecule has 2 heterocycles. The van der Waals surface area contributed by atoms with Crippen LogP contribution in [0.4, 0.5) is 0 Å². The maximum absolute atomic E-state index is 13.6. The number of fused-ring (bicyclic) bond motifs is 1. The van der Waals surface area contributed by atoms with Crippen molar-refractivity contribution in [2.75, 3.05) is 19.7 Å². The summed E-state index contributed by atoms with van der Waals surface area (Å²) in [5.41, 5.74) is 3.21. The van der Waals surface area contributed by atoms with Crippen molar-refractivity contribution in [2.45, 2.75) is 51.1 Å². The SMILES string of the molecule is Cc1ccc(OC[C@H]2c3ccsc3CCN2C(=O)CN(C(C)C)S(=O)(=O)c2ccc(C)cc2)cc1. The quantitative estimate of drug-likeness (QED) is 0.427. The van der Waals surface area contributed by atoms with Gasteiger partial charge in [-0.25, -0.2) is 8.42 Å². The van der Waals surface area contributed by atoms with E-state index in [-0.39, 0.29) is 29.4 Å². The fourth-order valence-electron chi connectivity index (χ4n) is 4.30. The summed E-state index contributed by atoms with van der Waals surface area (Å²) >= 11 is 1.69. The standard InChI is InChI=1S/C27H32N2O4S2/c1-19(2)29(35(31,32)23-11-7-21(4)8-12-23)17-27(30)28-15-13-26-24(14-16-34-26)25(28)18-33-22-9-5-20(3)6-10-22/h5-12,14,16,19,25H,13,15,17-18H2,1-4H3/t25-/m0/s1. The van der Waals surface area contributed by atoms with E-state index >= 15 is 0 Å². The fourth-order valence-corrected chi connectivity index (χ4v) is 6.81. The number of sulfonamides is 1. The van der Waals surface area contributed by atoms with Gasteiger partial charge in [-0.15, -0.1) is 11.3 Å². The fraction of sp³-hybridized carbons (Fsp3) is 0.370. The molecule has 0 radical (unpaired) electrons. The summed E-state index contributed by atoms with van der Waals surface area (Å²) in [6, 6.07) is 16.0. The number of thiophene rings is 1. The van der Waals surface area contributed by atoms with Crippen LogP contribution in [0.1, 0.15) is 41.5 Å². The number of aryl methyl sites for hydroxylation is 2. The van der Waals surface area contributed by atoms with Gasteiger partial charge in [0.15, 0.2) is 0 Å². The van der Waals surface area contributed by atoms with E-state index in [0.29, 0.717) is 13.2 Å². The predicted molar refractivity (Wildman–Crippen MR) is 139 cm³/mol. The third kappa shape index (κ3) is 5.60. The molecule has 0 aliphatic carbocycles. The first kappa shape index (κ1) is 25.4. The van der Waals surface area contributed by atoms with Crippen LogP contribution in [-0.2, 0) is 21.2 Å². The van der Waals surface area contributed by atoms with Crippen molar-refractivity contribution in [2.24, 2.45) is 0 Å². The summed E-state index contributed by atoms with van der Waals surface area (Å²) in [5.74, 6) is 0.528. The van der Waals surface area contributed by atoms with E-state index in [4.69, 9.17) is 4.74 Å². The molecule has 0 saturated carbocycles. The normalized spacial score (nSPS) is 15.9. The maximum atomic E-state index is 13.6. The summed E-state index contributed by atoms with van der Waals surface area (Å²) in [7, 11) is -3.82. The zero-order valence-electron chi connectivity index (χ0n) is 20.6. The van der Waals surface area contributed by atoms with Gasteiger partial charge >= 0.3 is 0 Å². The van der Waals surface area contributed by atoms with Gasteiger partial charge in [0.2, 0.25) is 15.9 Å². The molecule has 1 amide bonds. The molecular formula is C27H32N2O4S2. The van der Waals surface area contributed by atoms with Crippen molar-refractivity contribution in [1.82, 2.24) is 9.21 Å². The zero-order valence-corrected chi connectivity index (χ0v) is 22.2. The van der Waals surface area contributed by atoms with Gasteiger partial charge in [-0.2, -0.15) is 4.31 Å². The highest BCUT2D eigenvalue weighted by Crippen LogP contribution is 2.34. The van der Waals surface area contributed by atoms with Crippen LogP contribution in [0.15, 0.2) is 64.9 Å². The number of carbonyl (C=O) groups excluding carboxylic acids is 1. The number of amides is 1. The summed E-state index contributed by atoms with van der Waals surface area (Å²) in [6.07, 6.45) is 0.756. The summed E-state index contributed by atoms with van der Waals surface area (Å²) in [4.78, 5) is 16.8. The van der Waals surface area contributed by atoms with Crippen LogP contribution < -0.4 is 4.74 Å². The Morgan fingerprint density at radius 1 is 1.06 bits per heavy atom. The van der Waals surface area contributed by atoms with Crippen LogP contribution in [0.5, 0.6) is 5.75 Å². The highest BCUT2D eigenvalue weighted by molar-refractivity contribution is 7.89. The summed E-state index contributed by atoms with van der Waals surface area (Å²) in [6.45, 7) is 8.15. The Labute approximate surface area is 212 Å². The van der Waals surface area contributed by atoms with Crippen LogP contribution in [0.2, 0.25) is 0 Å². The Balaban J connectivity index is 1.56. The minimum atomic E-state index is -3.82. The highest BCUT2D eigenvalue weighted by Gasteiger charge is 2.36. The minimum Gasteiger partial charge on any atom is -0.491 e. The van der Waals surface area contributed by atoms with Gasteiger partial charge in [0, 0.05) is 17.5 Å². The van der Waals surface area contributed by atoms with Crippen LogP contribution in [0.25, 0.3) is 0 Å². The lowest BCUT2D eigenvalue weighted by molar-refractivity contribution is -0.135. The van der Waals surface area contributed by atoms with E-state index in [1.54, 1.807) is 54.3 Å². The van der Waals surface area contributed by atoms with E-state index in [0.717, 1.165) is 28.9 Å². The lowest BCUT2D eigenvalue weighted by atomic mass is 10.0. The molecule has 0 N–H and O–H groups in total. The van der Waals surface area contributed by atoms with Gasteiger partial charge in [-0.3, -0.25) is 4.79 Å². The molecule has 2 aromatic carbocycles. The first-order valence-corrected chi connectivity index (χ1v) is 14.1. The van der Waals surface area contributed by atoms with E-state index in [2.05, 4.69) is 0 Å². The van der Waals surface area contributed by atoms with Crippen molar-refractivity contribution in [3.63, 3.8) is 0 Å². The molecular weight excluding hydrogens is 480 g/mol. The molecule has 4 rings (SSSR count). The molecule has 0 spiro atoms. The average Bonchev–Trinajstić information content (AvgIpc) is 3.31. The Morgan fingerprint density at radius 3 is 2.31 bits per heavy atom. The molecule has 6 nitrogen and oxygen atoms in total. The largest absolute Gasteiger partial charge is 0.491 e. The van der Waals surface area contributed by atoms with E-state index in [1.807, 2.05) is 49.6 Å².